The number of carbonyl (C=O) groups excluding carboxylic acids is 1. The number of nitrogen functional groups attached to an aromatic ring is 1. The number of nitrogens with zero attached hydrogens (tertiary/aromatic N) is 6. The lowest BCUT2D eigenvalue weighted by atomic mass is 9.96. The number of carbonyl (C=O) groups is 1. The maximum Gasteiger partial charge on any atom is 0.419 e. The van der Waals surface area contributed by atoms with Crippen molar-refractivity contribution in [3.05, 3.63) is 53.4 Å². The van der Waals surface area contributed by atoms with E-state index in [0.717, 1.165) is 11.6 Å². The van der Waals surface area contributed by atoms with E-state index in [1.54, 1.807) is 35.0 Å². The number of nitrogens with two attached hydrogens (primary N) is 1. The molecule has 13 heteroatoms. The van der Waals surface area contributed by atoms with E-state index in [-0.39, 0.29) is 24.2 Å². The molecule has 0 radical (unpaired) electrons. The number of likely N-dealkylation sites (tertiary alicyclic amines) is 1. The van der Waals surface area contributed by atoms with Crippen LogP contribution in [0.5, 0.6) is 0 Å². The first kappa shape index (κ1) is 24.0. The van der Waals surface area contributed by atoms with E-state index in [9.17, 15) is 18.0 Å². The molecule has 190 valence electrons. The quantitative estimate of drug-likeness (QED) is 0.564. The van der Waals surface area contributed by atoms with Crippen molar-refractivity contribution in [1.82, 2.24) is 34.9 Å². The number of aromatic nitrogens is 5. The van der Waals surface area contributed by atoms with Crippen molar-refractivity contribution in [3.8, 4) is 11.3 Å². The van der Waals surface area contributed by atoms with E-state index >= 15 is 0 Å². The molecule has 2 aliphatic rings. The fraction of sp³-hybridized carbons (Fsp3) is 0.435. The van der Waals surface area contributed by atoms with Gasteiger partial charge >= 0.3 is 12.2 Å². The normalized spacial score (nSPS) is 20.4. The Morgan fingerprint density at radius 3 is 2.67 bits per heavy atom. The highest BCUT2D eigenvalue weighted by molar-refractivity contribution is 5.75. The lowest BCUT2D eigenvalue weighted by molar-refractivity contribution is -0.137. The van der Waals surface area contributed by atoms with Gasteiger partial charge in [-0.2, -0.15) is 18.3 Å². The molecule has 1 unspecified atom stereocenters. The van der Waals surface area contributed by atoms with E-state index in [1.165, 1.54) is 6.20 Å². The van der Waals surface area contributed by atoms with E-state index in [1.807, 2.05) is 6.92 Å². The molecule has 3 N–H and O–H groups in total. The van der Waals surface area contributed by atoms with Gasteiger partial charge in [0.05, 0.1) is 42.7 Å². The lowest BCUT2D eigenvalue weighted by Gasteiger charge is -2.34. The topological polar surface area (TPSA) is 124 Å². The van der Waals surface area contributed by atoms with E-state index < -0.39 is 23.2 Å². The summed E-state index contributed by atoms with van der Waals surface area (Å²) in [4.78, 5) is 26.7. The third-order valence-corrected chi connectivity index (χ3v) is 6.61. The molecule has 1 fully saturated rings. The van der Waals surface area contributed by atoms with Crippen LogP contribution in [-0.2, 0) is 23.1 Å². The molecule has 0 aliphatic carbocycles. The van der Waals surface area contributed by atoms with Crippen molar-refractivity contribution in [2.45, 2.75) is 44.6 Å². The molecule has 5 heterocycles. The Hall–Kier alpha value is -3.74. The lowest BCUT2D eigenvalue weighted by Crippen LogP contribution is -2.44. The molecular weight excluding hydrogens is 477 g/mol. The van der Waals surface area contributed by atoms with Gasteiger partial charge in [0.15, 0.2) is 0 Å². The van der Waals surface area contributed by atoms with Crippen LogP contribution in [0, 0.1) is 6.92 Å². The fourth-order valence-corrected chi connectivity index (χ4v) is 4.61. The number of hydrogen-bond donors (Lipinski definition) is 2. The van der Waals surface area contributed by atoms with Crippen LogP contribution in [0.1, 0.15) is 42.0 Å². The summed E-state index contributed by atoms with van der Waals surface area (Å²) < 4.78 is 47.9. The molecular formula is C23H25F3N8O2. The molecule has 1 saturated heterocycles. The Morgan fingerprint density at radius 2 is 1.94 bits per heavy atom. The number of anilines is 1. The van der Waals surface area contributed by atoms with Gasteiger partial charge in [0, 0.05) is 42.7 Å². The second-order valence-corrected chi connectivity index (χ2v) is 9.04. The number of urea groups is 1. The molecule has 36 heavy (non-hydrogen) atoms. The van der Waals surface area contributed by atoms with Crippen molar-refractivity contribution in [2.75, 3.05) is 25.4 Å². The average Bonchev–Trinajstić information content (AvgIpc) is 3.45. The number of nitrogens with one attached hydrogen (secondary N) is 1. The monoisotopic (exact) mass is 502 g/mol. The Labute approximate surface area is 204 Å². The number of rotatable bonds is 3. The Balaban J connectivity index is 1.36. The SMILES string of the molecule is Cc1ncc([C@@H](C)NC(=O)N2CCC3(C2)OCCn2nc(-c4cnc(N)c(C(F)(F)F)c4)cc23)cn1. The predicted molar refractivity (Wildman–Crippen MR) is 122 cm³/mol. The number of ether oxygens (including phenoxy) is 1. The third kappa shape index (κ3) is 4.34. The molecule has 2 aliphatic heterocycles. The van der Waals surface area contributed by atoms with Gasteiger partial charge < -0.3 is 20.7 Å². The maximum absolute atomic E-state index is 13.3. The third-order valence-electron chi connectivity index (χ3n) is 6.61. The number of aryl methyl sites for hydroxylation is 1. The van der Waals surface area contributed by atoms with Crippen LogP contribution in [0.15, 0.2) is 30.7 Å². The van der Waals surface area contributed by atoms with Crippen LogP contribution in [0.3, 0.4) is 0 Å². The highest BCUT2D eigenvalue weighted by Gasteiger charge is 2.47. The number of hydrogen-bond acceptors (Lipinski definition) is 7. The van der Waals surface area contributed by atoms with Gasteiger partial charge in [-0.1, -0.05) is 0 Å². The van der Waals surface area contributed by atoms with Gasteiger partial charge in [-0.25, -0.2) is 19.7 Å². The Morgan fingerprint density at radius 1 is 1.19 bits per heavy atom. The van der Waals surface area contributed by atoms with Crippen LogP contribution in [0.4, 0.5) is 23.8 Å². The first-order valence-corrected chi connectivity index (χ1v) is 11.4. The summed E-state index contributed by atoms with van der Waals surface area (Å²) in [7, 11) is 0. The van der Waals surface area contributed by atoms with Crippen LogP contribution in [0.2, 0.25) is 0 Å². The van der Waals surface area contributed by atoms with Crippen molar-refractivity contribution >= 4 is 11.8 Å². The first-order chi connectivity index (χ1) is 17.1. The first-order valence-electron chi connectivity index (χ1n) is 11.4. The number of alkyl halides is 3. The molecule has 0 bridgehead atoms. The minimum Gasteiger partial charge on any atom is -0.383 e. The van der Waals surface area contributed by atoms with Gasteiger partial charge in [-0.05, 0) is 26.0 Å². The van der Waals surface area contributed by atoms with Gasteiger partial charge in [0.25, 0.3) is 0 Å². The minimum atomic E-state index is -4.63. The van der Waals surface area contributed by atoms with Crippen molar-refractivity contribution in [2.24, 2.45) is 0 Å². The summed E-state index contributed by atoms with van der Waals surface area (Å²) in [6.07, 6.45) is 0.537. The standard InChI is InChI=1S/C23H25F3N8O2/c1-13(16-10-28-14(2)29-11-16)31-21(35)33-4-3-22(12-33)19-8-18(32-34(19)5-6-36-22)15-7-17(23(24,25)26)20(27)30-9-15/h7-11,13H,3-6,12H2,1-2H3,(H2,27,30)(H,31,35)/t13-,22?/m1/s1. The van der Waals surface area contributed by atoms with E-state index in [2.05, 4.69) is 25.4 Å². The molecule has 3 aromatic heterocycles. The average molecular weight is 503 g/mol. The largest absolute Gasteiger partial charge is 0.419 e. The van der Waals surface area contributed by atoms with Gasteiger partial charge in [-0.15, -0.1) is 0 Å². The zero-order valence-corrected chi connectivity index (χ0v) is 19.7. The molecule has 10 nitrogen and oxygen atoms in total. The zero-order valence-electron chi connectivity index (χ0n) is 19.7. The molecule has 1 spiro atoms. The molecule has 0 aromatic carbocycles. The van der Waals surface area contributed by atoms with Crippen molar-refractivity contribution in [1.29, 1.82) is 0 Å². The van der Waals surface area contributed by atoms with Crippen LogP contribution < -0.4 is 11.1 Å². The molecule has 2 atom stereocenters. The van der Waals surface area contributed by atoms with Gasteiger partial charge in [0.2, 0.25) is 0 Å². The van der Waals surface area contributed by atoms with Crippen LogP contribution >= 0.6 is 0 Å². The van der Waals surface area contributed by atoms with Crippen LogP contribution in [-0.4, -0.2) is 55.4 Å². The number of halogens is 3. The molecule has 3 aromatic rings. The number of amides is 2. The zero-order chi connectivity index (χ0) is 25.7. The predicted octanol–water partition coefficient (Wildman–Crippen LogP) is 3.05. The Bertz CT molecular complexity index is 1290. The molecule has 0 saturated carbocycles. The van der Waals surface area contributed by atoms with Gasteiger partial charge in [0.1, 0.15) is 17.2 Å². The summed E-state index contributed by atoms with van der Waals surface area (Å²) in [5.74, 6) is 0.0625. The highest BCUT2D eigenvalue weighted by Crippen LogP contribution is 2.41. The Kier molecular flexibility index (Phi) is 5.81. The number of fused-ring (bicyclic) bond motifs is 2. The summed E-state index contributed by atoms with van der Waals surface area (Å²) in [5, 5.41) is 7.48. The molecule has 2 amide bonds. The molecule has 5 rings (SSSR count). The second-order valence-electron chi connectivity index (χ2n) is 9.04. The fourth-order valence-electron chi connectivity index (χ4n) is 4.61. The smallest absolute Gasteiger partial charge is 0.383 e. The maximum atomic E-state index is 13.3. The van der Waals surface area contributed by atoms with Crippen molar-refractivity contribution < 1.29 is 22.7 Å². The summed E-state index contributed by atoms with van der Waals surface area (Å²) in [5.41, 5.74) is 5.67. The second kappa shape index (κ2) is 8.73. The number of pyridine rings is 1. The summed E-state index contributed by atoms with van der Waals surface area (Å²) >= 11 is 0. The van der Waals surface area contributed by atoms with Gasteiger partial charge in [-0.3, -0.25) is 4.68 Å². The minimum absolute atomic E-state index is 0.204. The summed E-state index contributed by atoms with van der Waals surface area (Å²) in [6, 6.07) is 2.12. The summed E-state index contributed by atoms with van der Waals surface area (Å²) in [6.45, 7) is 5.19. The highest BCUT2D eigenvalue weighted by atomic mass is 19.4. The van der Waals surface area contributed by atoms with E-state index in [0.29, 0.717) is 43.3 Å². The van der Waals surface area contributed by atoms with Crippen LogP contribution in [0.25, 0.3) is 11.3 Å². The van der Waals surface area contributed by atoms with Crippen molar-refractivity contribution in [3.63, 3.8) is 0 Å². The van der Waals surface area contributed by atoms with E-state index in [4.69, 9.17) is 10.5 Å².